The van der Waals surface area contributed by atoms with E-state index in [0.717, 1.165) is 24.4 Å². The molecule has 9 heteroatoms. The summed E-state index contributed by atoms with van der Waals surface area (Å²) in [5, 5.41) is 8.80. The molecule has 0 fully saturated rings. The quantitative estimate of drug-likeness (QED) is 0.934. The zero-order valence-corrected chi connectivity index (χ0v) is 11.3. The van der Waals surface area contributed by atoms with E-state index in [0.29, 0.717) is 0 Å². The van der Waals surface area contributed by atoms with Gasteiger partial charge in [0.05, 0.1) is 22.9 Å². The van der Waals surface area contributed by atoms with Crippen molar-refractivity contribution in [1.29, 1.82) is 5.26 Å². The number of nitrogens with one attached hydrogen (secondary N) is 1. The summed E-state index contributed by atoms with van der Waals surface area (Å²) < 4.78 is 39.3. The molecule has 102 valence electrons. The third kappa shape index (κ3) is 3.01. The Morgan fingerprint density at radius 1 is 1.30 bits per heavy atom. The lowest BCUT2D eigenvalue weighted by molar-refractivity contribution is 0.599. The molecule has 0 saturated carbocycles. The van der Waals surface area contributed by atoms with Crippen molar-refractivity contribution in [1.82, 2.24) is 9.97 Å². The molecule has 1 aromatic heterocycles. The first-order valence-corrected chi connectivity index (χ1v) is 6.98. The third-order valence-corrected chi connectivity index (χ3v) is 3.78. The lowest BCUT2D eigenvalue weighted by Crippen LogP contribution is -2.14. The van der Waals surface area contributed by atoms with Gasteiger partial charge in [0.2, 0.25) is 0 Å². The Balaban J connectivity index is 2.36. The molecule has 2 rings (SSSR count). The molecule has 6 nitrogen and oxygen atoms in total. The van der Waals surface area contributed by atoms with Gasteiger partial charge in [-0.15, -0.1) is 0 Å². The van der Waals surface area contributed by atoms with Crippen molar-refractivity contribution in [2.75, 3.05) is 4.72 Å². The zero-order valence-electron chi connectivity index (χ0n) is 9.71. The van der Waals surface area contributed by atoms with Crippen LogP contribution in [0.15, 0.2) is 35.5 Å². The number of nitrogens with zero attached hydrogens (tertiary/aromatic N) is 3. The predicted molar refractivity (Wildman–Crippen MR) is 69.0 cm³/mol. The molecule has 1 heterocycles. The van der Waals surface area contributed by atoms with Crippen LogP contribution in [0.3, 0.4) is 0 Å². The number of anilines is 1. The molecule has 20 heavy (non-hydrogen) atoms. The van der Waals surface area contributed by atoms with Crippen molar-refractivity contribution >= 4 is 27.4 Å². The lowest BCUT2D eigenvalue weighted by Gasteiger charge is -2.07. The van der Waals surface area contributed by atoms with Gasteiger partial charge in [-0.3, -0.25) is 4.72 Å². The first-order valence-electron chi connectivity index (χ1n) is 5.12. The number of hydrogen-bond acceptors (Lipinski definition) is 5. The Kier molecular flexibility index (Phi) is 3.83. The summed E-state index contributed by atoms with van der Waals surface area (Å²) in [6, 6.07) is 4.44. The van der Waals surface area contributed by atoms with Crippen LogP contribution in [0.1, 0.15) is 5.56 Å². The number of hydrogen-bond donors (Lipinski definition) is 1. The minimum Gasteiger partial charge on any atom is -0.262 e. The van der Waals surface area contributed by atoms with E-state index >= 15 is 0 Å². The molecule has 0 radical (unpaired) electrons. The monoisotopic (exact) mass is 312 g/mol. The number of benzene rings is 1. The van der Waals surface area contributed by atoms with Crippen molar-refractivity contribution in [3.05, 3.63) is 47.1 Å². The smallest absolute Gasteiger partial charge is 0.262 e. The van der Waals surface area contributed by atoms with E-state index in [4.69, 9.17) is 16.9 Å². The van der Waals surface area contributed by atoms with Crippen molar-refractivity contribution in [3.8, 4) is 6.07 Å². The second kappa shape index (κ2) is 5.40. The van der Waals surface area contributed by atoms with Crippen molar-refractivity contribution in [2.24, 2.45) is 0 Å². The Bertz CT molecular complexity index is 787. The summed E-state index contributed by atoms with van der Waals surface area (Å²) in [5.74, 6) is -0.838. The molecule has 0 saturated heterocycles. The standard InChI is InChI=1S/C11H6ClFN4O2S/c12-10-5-16-11(6-15-10)17-20(18,19)8-1-2-9(13)7(3-8)4-14/h1-3,5-6H,(H,16,17). The minimum atomic E-state index is -3.99. The van der Waals surface area contributed by atoms with Gasteiger partial charge in [0.25, 0.3) is 10.0 Å². The molecular formula is C11H6ClFN4O2S. The molecule has 0 bridgehead atoms. The fraction of sp³-hybridized carbons (Fsp3) is 0. The highest BCUT2D eigenvalue weighted by Gasteiger charge is 2.17. The zero-order chi connectivity index (χ0) is 14.8. The average molecular weight is 313 g/mol. The number of sulfonamides is 1. The van der Waals surface area contributed by atoms with Crippen LogP contribution in [0.4, 0.5) is 10.2 Å². The second-order valence-corrected chi connectivity index (χ2v) is 5.65. The molecule has 2 aromatic rings. The van der Waals surface area contributed by atoms with E-state index in [1.54, 1.807) is 6.07 Å². The topological polar surface area (TPSA) is 95.7 Å². The summed E-state index contributed by atoms with van der Waals surface area (Å²) in [4.78, 5) is 7.14. The summed E-state index contributed by atoms with van der Waals surface area (Å²) >= 11 is 5.53. The van der Waals surface area contributed by atoms with Gasteiger partial charge in [-0.2, -0.15) is 5.26 Å². The van der Waals surface area contributed by atoms with E-state index in [1.165, 1.54) is 6.20 Å². The van der Waals surface area contributed by atoms with Crippen LogP contribution in [-0.4, -0.2) is 18.4 Å². The summed E-state index contributed by atoms with van der Waals surface area (Å²) in [6.45, 7) is 0. The first-order chi connectivity index (χ1) is 9.42. The van der Waals surface area contributed by atoms with Crippen LogP contribution in [-0.2, 0) is 10.0 Å². The molecule has 0 atom stereocenters. The number of halogens is 2. The van der Waals surface area contributed by atoms with Gasteiger partial charge >= 0.3 is 0 Å². The summed E-state index contributed by atoms with van der Waals surface area (Å²) in [5.41, 5.74) is -0.366. The van der Waals surface area contributed by atoms with Gasteiger partial charge in [-0.1, -0.05) is 11.6 Å². The van der Waals surface area contributed by atoms with E-state index in [1.807, 2.05) is 0 Å². The Labute approximate surface area is 118 Å². The Hall–Kier alpha value is -2.24. The highest BCUT2D eigenvalue weighted by atomic mass is 35.5. The van der Waals surface area contributed by atoms with Crippen LogP contribution < -0.4 is 4.72 Å². The number of rotatable bonds is 3. The Morgan fingerprint density at radius 2 is 2.05 bits per heavy atom. The molecule has 0 aliphatic heterocycles. The number of nitriles is 1. The van der Waals surface area contributed by atoms with Gasteiger partial charge in [-0.25, -0.2) is 22.8 Å². The normalized spacial score (nSPS) is 10.8. The van der Waals surface area contributed by atoms with Crippen LogP contribution in [0, 0.1) is 17.1 Å². The maximum absolute atomic E-state index is 13.2. The van der Waals surface area contributed by atoms with Crippen LogP contribution >= 0.6 is 11.6 Å². The van der Waals surface area contributed by atoms with Gasteiger partial charge < -0.3 is 0 Å². The molecule has 1 N–H and O–H groups in total. The van der Waals surface area contributed by atoms with E-state index in [2.05, 4.69) is 14.7 Å². The van der Waals surface area contributed by atoms with Crippen LogP contribution in [0.25, 0.3) is 0 Å². The number of aromatic nitrogens is 2. The van der Waals surface area contributed by atoms with Crippen LogP contribution in [0.5, 0.6) is 0 Å². The highest BCUT2D eigenvalue weighted by molar-refractivity contribution is 7.92. The van der Waals surface area contributed by atoms with E-state index in [-0.39, 0.29) is 21.4 Å². The third-order valence-electron chi connectivity index (χ3n) is 2.23. The molecule has 0 amide bonds. The fourth-order valence-corrected chi connectivity index (χ4v) is 2.44. The van der Waals surface area contributed by atoms with Crippen LogP contribution in [0.2, 0.25) is 5.15 Å². The van der Waals surface area contributed by atoms with Gasteiger partial charge in [0, 0.05) is 0 Å². The van der Waals surface area contributed by atoms with Crippen molar-refractivity contribution < 1.29 is 12.8 Å². The largest absolute Gasteiger partial charge is 0.263 e. The first kappa shape index (κ1) is 14.2. The van der Waals surface area contributed by atoms with E-state index in [9.17, 15) is 12.8 Å². The van der Waals surface area contributed by atoms with Gasteiger partial charge in [0.1, 0.15) is 17.0 Å². The molecule has 0 spiro atoms. The molecule has 0 unspecified atom stereocenters. The molecule has 0 aliphatic carbocycles. The maximum atomic E-state index is 13.2. The van der Waals surface area contributed by atoms with E-state index < -0.39 is 15.8 Å². The summed E-state index contributed by atoms with van der Waals surface area (Å²) in [7, 11) is -3.99. The van der Waals surface area contributed by atoms with Gasteiger partial charge in [0.15, 0.2) is 5.82 Å². The lowest BCUT2D eigenvalue weighted by atomic mass is 10.2. The molecular weight excluding hydrogens is 307 g/mol. The predicted octanol–water partition coefficient (Wildman–Crippen LogP) is 1.94. The maximum Gasteiger partial charge on any atom is 0.263 e. The fourth-order valence-electron chi connectivity index (χ4n) is 1.32. The van der Waals surface area contributed by atoms with Crippen molar-refractivity contribution in [2.45, 2.75) is 4.90 Å². The van der Waals surface area contributed by atoms with Gasteiger partial charge in [-0.05, 0) is 18.2 Å². The highest BCUT2D eigenvalue weighted by Crippen LogP contribution is 2.17. The summed E-state index contributed by atoms with van der Waals surface area (Å²) in [6.07, 6.45) is 2.30. The second-order valence-electron chi connectivity index (χ2n) is 3.58. The minimum absolute atomic E-state index is 0.0442. The van der Waals surface area contributed by atoms with Crippen molar-refractivity contribution in [3.63, 3.8) is 0 Å². The molecule has 0 aliphatic rings. The molecule has 1 aromatic carbocycles. The SMILES string of the molecule is N#Cc1cc(S(=O)(=O)Nc2cnc(Cl)cn2)ccc1F. The average Bonchev–Trinajstić information content (AvgIpc) is 2.41. The Morgan fingerprint density at radius 3 is 2.65 bits per heavy atom.